The number of halogens is 1. The monoisotopic (exact) mass is 387 g/mol. The first-order valence-electron chi connectivity index (χ1n) is 8.06. The Labute approximate surface area is 147 Å². The zero-order chi connectivity index (χ0) is 16.7. The zero-order valence-electron chi connectivity index (χ0n) is 13.3. The van der Waals surface area contributed by atoms with E-state index in [9.17, 15) is 4.79 Å². The Morgan fingerprint density at radius 3 is 2.88 bits per heavy atom. The zero-order valence-corrected chi connectivity index (χ0v) is 14.9. The molecule has 1 aliphatic rings. The van der Waals surface area contributed by atoms with Gasteiger partial charge in [-0.2, -0.15) is 0 Å². The number of carbonyl (C=O) groups is 1. The lowest BCUT2D eigenvalue weighted by Gasteiger charge is -2.33. The van der Waals surface area contributed by atoms with Crippen LogP contribution in [0.4, 0.5) is 5.82 Å². The van der Waals surface area contributed by atoms with Gasteiger partial charge in [0.1, 0.15) is 17.8 Å². The van der Waals surface area contributed by atoms with Gasteiger partial charge in [-0.3, -0.25) is 4.79 Å². The van der Waals surface area contributed by atoms with E-state index in [0.29, 0.717) is 0 Å². The highest BCUT2D eigenvalue weighted by atomic mass is 79.9. The number of fused-ring (bicyclic) bond motifs is 3. The van der Waals surface area contributed by atoms with Crippen LogP contribution < -0.4 is 10.2 Å². The molecule has 3 aromatic rings. The molecule has 4 rings (SSSR count). The SMILES string of the molecule is CC(=O)NC1CCN(c2ncnc3[nH]c4ccc(Br)cc4c23)CC1. The molecule has 0 unspecified atom stereocenters. The lowest BCUT2D eigenvalue weighted by molar-refractivity contribution is -0.119. The number of hydrogen-bond acceptors (Lipinski definition) is 4. The van der Waals surface area contributed by atoms with Crippen LogP contribution in [0, 0.1) is 0 Å². The molecule has 24 heavy (non-hydrogen) atoms. The second-order valence-electron chi connectivity index (χ2n) is 6.20. The minimum absolute atomic E-state index is 0.0411. The number of piperidine rings is 1. The minimum Gasteiger partial charge on any atom is -0.356 e. The summed E-state index contributed by atoms with van der Waals surface area (Å²) in [4.78, 5) is 25.8. The van der Waals surface area contributed by atoms with E-state index in [1.54, 1.807) is 13.3 Å². The molecule has 2 N–H and O–H groups in total. The van der Waals surface area contributed by atoms with E-state index < -0.39 is 0 Å². The molecule has 2 aromatic heterocycles. The van der Waals surface area contributed by atoms with Crippen molar-refractivity contribution in [3.63, 3.8) is 0 Å². The summed E-state index contributed by atoms with van der Waals surface area (Å²) in [7, 11) is 0. The van der Waals surface area contributed by atoms with Gasteiger partial charge in [0.05, 0.1) is 5.39 Å². The van der Waals surface area contributed by atoms with Crippen molar-refractivity contribution in [2.75, 3.05) is 18.0 Å². The number of hydrogen-bond donors (Lipinski definition) is 2. The van der Waals surface area contributed by atoms with E-state index in [1.807, 2.05) is 12.1 Å². The second kappa shape index (κ2) is 6.05. The van der Waals surface area contributed by atoms with Crippen molar-refractivity contribution in [1.29, 1.82) is 0 Å². The van der Waals surface area contributed by atoms with Gasteiger partial charge >= 0.3 is 0 Å². The van der Waals surface area contributed by atoms with E-state index in [4.69, 9.17) is 0 Å². The summed E-state index contributed by atoms with van der Waals surface area (Å²) < 4.78 is 1.04. The van der Waals surface area contributed by atoms with Gasteiger partial charge < -0.3 is 15.2 Å². The maximum absolute atomic E-state index is 11.2. The molecule has 3 heterocycles. The summed E-state index contributed by atoms with van der Waals surface area (Å²) in [5.41, 5.74) is 1.92. The number of benzene rings is 1. The van der Waals surface area contributed by atoms with E-state index in [-0.39, 0.29) is 11.9 Å². The third-order valence-electron chi connectivity index (χ3n) is 4.53. The van der Waals surface area contributed by atoms with Crippen molar-refractivity contribution < 1.29 is 4.79 Å². The highest BCUT2D eigenvalue weighted by Gasteiger charge is 2.23. The van der Waals surface area contributed by atoms with E-state index in [1.165, 1.54) is 0 Å². The van der Waals surface area contributed by atoms with Gasteiger partial charge in [-0.25, -0.2) is 9.97 Å². The molecule has 1 aliphatic heterocycles. The van der Waals surface area contributed by atoms with Crippen molar-refractivity contribution in [3.8, 4) is 0 Å². The number of nitrogens with one attached hydrogen (secondary N) is 2. The van der Waals surface area contributed by atoms with E-state index >= 15 is 0 Å². The number of anilines is 1. The van der Waals surface area contributed by atoms with Gasteiger partial charge in [-0.15, -0.1) is 0 Å². The average molecular weight is 388 g/mol. The molecule has 0 spiro atoms. The van der Waals surface area contributed by atoms with Crippen LogP contribution in [-0.4, -0.2) is 40.0 Å². The normalized spacial score (nSPS) is 16.0. The largest absolute Gasteiger partial charge is 0.356 e. The number of aromatic amines is 1. The Bertz CT molecular complexity index is 914. The summed E-state index contributed by atoms with van der Waals surface area (Å²) >= 11 is 3.55. The molecule has 0 saturated carbocycles. The predicted molar refractivity (Wildman–Crippen MR) is 98.1 cm³/mol. The van der Waals surface area contributed by atoms with Crippen molar-refractivity contribution in [3.05, 3.63) is 29.0 Å². The number of H-pyrrole nitrogens is 1. The van der Waals surface area contributed by atoms with Crippen LogP contribution in [0.15, 0.2) is 29.0 Å². The first-order valence-corrected chi connectivity index (χ1v) is 8.85. The van der Waals surface area contributed by atoms with Gasteiger partial charge in [0.15, 0.2) is 0 Å². The number of rotatable bonds is 2. The molecule has 124 valence electrons. The van der Waals surface area contributed by atoms with Gasteiger partial charge in [0.2, 0.25) is 5.91 Å². The summed E-state index contributed by atoms with van der Waals surface area (Å²) in [5.74, 6) is 1.00. The van der Waals surface area contributed by atoms with Crippen LogP contribution in [0.25, 0.3) is 21.9 Å². The Hall–Kier alpha value is -2.15. The summed E-state index contributed by atoms with van der Waals surface area (Å²) in [5, 5.41) is 5.20. The van der Waals surface area contributed by atoms with Crippen molar-refractivity contribution >= 4 is 49.6 Å². The van der Waals surface area contributed by atoms with Gasteiger partial charge in [-0.05, 0) is 31.0 Å². The fraction of sp³-hybridized carbons (Fsp3) is 0.353. The highest BCUT2D eigenvalue weighted by molar-refractivity contribution is 9.10. The van der Waals surface area contributed by atoms with Crippen LogP contribution in [0.3, 0.4) is 0 Å². The molecule has 1 aromatic carbocycles. The number of nitrogens with zero attached hydrogens (tertiary/aromatic N) is 3. The standard InChI is InChI=1S/C17H18BrN5O/c1-10(24)21-12-4-6-23(7-5-12)17-15-13-8-11(18)2-3-14(13)22-16(15)19-9-20-17/h2-3,8-9,12H,4-7H2,1H3,(H,21,24)(H,19,20,22). The quantitative estimate of drug-likeness (QED) is 0.708. The van der Waals surface area contributed by atoms with Crippen LogP contribution in [0.5, 0.6) is 0 Å². The smallest absolute Gasteiger partial charge is 0.217 e. The molecule has 1 saturated heterocycles. The predicted octanol–water partition coefficient (Wildman–Crippen LogP) is 2.98. The molecule has 0 aliphatic carbocycles. The van der Waals surface area contributed by atoms with E-state index in [0.717, 1.165) is 58.2 Å². The highest BCUT2D eigenvalue weighted by Crippen LogP contribution is 2.33. The van der Waals surface area contributed by atoms with Crippen LogP contribution >= 0.6 is 15.9 Å². The molecular weight excluding hydrogens is 370 g/mol. The number of aromatic nitrogens is 3. The number of amides is 1. The summed E-state index contributed by atoms with van der Waals surface area (Å²) in [6, 6.07) is 6.43. The molecule has 6 nitrogen and oxygen atoms in total. The topological polar surface area (TPSA) is 73.9 Å². The third kappa shape index (κ3) is 2.73. The molecule has 1 amide bonds. The fourth-order valence-corrected chi connectivity index (χ4v) is 3.80. The maximum Gasteiger partial charge on any atom is 0.217 e. The Kier molecular flexibility index (Phi) is 3.88. The molecular formula is C17H18BrN5O. The first-order chi connectivity index (χ1) is 11.6. The van der Waals surface area contributed by atoms with Gasteiger partial charge in [-0.1, -0.05) is 15.9 Å². The maximum atomic E-state index is 11.2. The minimum atomic E-state index is 0.0411. The van der Waals surface area contributed by atoms with Crippen LogP contribution in [0.1, 0.15) is 19.8 Å². The Morgan fingerprint density at radius 1 is 1.33 bits per heavy atom. The van der Waals surface area contributed by atoms with Gasteiger partial charge in [0.25, 0.3) is 0 Å². The fourth-order valence-electron chi connectivity index (χ4n) is 3.44. The molecule has 0 atom stereocenters. The second-order valence-corrected chi connectivity index (χ2v) is 7.11. The number of carbonyl (C=O) groups excluding carboxylic acids is 1. The summed E-state index contributed by atoms with van der Waals surface area (Å²) in [6.45, 7) is 3.32. The van der Waals surface area contributed by atoms with Crippen molar-refractivity contribution in [1.82, 2.24) is 20.3 Å². The summed E-state index contributed by atoms with van der Waals surface area (Å²) in [6.07, 6.45) is 3.47. The van der Waals surface area contributed by atoms with Crippen LogP contribution in [-0.2, 0) is 4.79 Å². The van der Waals surface area contributed by atoms with Crippen molar-refractivity contribution in [2.24, 2.45) is 0 Å². The average Bonchev–Trinajstić information content (AvgIpc) is 2.93. The Morgan fingerprint density at radius 2 is 2.12 bits per heavy atom. The first kappa shape index (κ1) is 15.4. The molecule has 1 fully saturated rings. The molecule has 0 bridgehead atoms. The lowest BCUT2D eigenvalue weighted by atomic mass is 10.0. The van der Waals surface area contributed by atoms with Crippen LogP contribution in [0.2, 0.25) is 0 Å². The van der Waals surface area contributed by atoms with Crippen molar-refractivity contribution in [2.45, 2.75) is 25.8 Å². The molecule has 7 heteroatoms. The third-order valence-corrected chi connectivity index (χ3v) is 5.03. The van der Waals surface area contributed by atoms with E-state index in [2.05, 4.69) is 47.2 Å². The lowest BCUT2D eigenvalue weighted by Crippen LogP contribution is -2.44. The molecule has 0 radical (unpaired) electrons. The Balaban J connectivity index is 1.71. The van der Waals surface area contributed by atoms with Gasteiger partial charge in [0, 0.05) is 41.4 Å².